The lowest BCUT2D eigenvalue weighted by atomic mass is 9.98. The molecule has 0 fully saturated rings. The number of aromatic hydroxyl groups is 1. The number of phenols is 1. The van der Waals surface area contributed by atoms with Crippen LogP contribution in [-0.4, -0.2) is 19.6 Å². The van der Waals surface area contributed by atoms with Crippen LogP contribution in [0, 0.1) is 0 Å². The van der Waals surface area contributed by atoms with Crippen LogP contribution in [0.4, 0.5) is 0 Å². The Kier molecular flexibility index (Phi) is 5.86. The summed E-state index contributed by atoms with van der Waals surface area (Å²) in [4.78, 5) is 9.83. The fraction of sp³-hybridized carbons (Fsp3) is 0. The third-order valence-corrected chi connectivity index (χ3v) is 8.45. The molecule has 0 aliphatic rings. The Labute approximate surface area is 263 Å². The average Bonchev–Trinajstić information content (AvgIpc) is 3.66. The van der Waals surface area contributed by atoms with Gasteiger partial charge in [-0.15, -0.1) is 0 Å². The van der Waals surface area contributed by atoms with E-state index in [9.17, 15) is 5.11 Å². The van der Waals surface area contributed by atoms with Crippen molar-refractivity contribution in [2.45, 2.75) is 0 Å². The van der Waals surface area contributed by atoms with Crippen molar-refractivity contribution in [1.82, 2.24) is 14.5 Å². The molecule has 0 spiro atoms. The highest BCUT2D eigenvalue weighted by atomic mass is 16.5. The van der Waals surface area contributed by atoms with E-state index in [-0.39, 0.29) is 11.5 Å². The first kappa shape index (κ1) is 26.0. The molecular formula is C40H25N3O3. The van der Waals surface area contributed by atoms with Gasteiger partial charge in [-0.2, -0.15) is 4.98 Å². The third-order valence-electron chi connectivity index (χ3n) is 8.45. The molecule has 218 valence electrons. The summed E-state index contributed by atoms with van der Waals surface area (Å²) in [6.45, 7) is 0. The normalized spacial score (nSPS) is 11.6. The molecule has 6 nitrogen and oxygen atoms in total. The van der Waals surface area contributed by atoms with Crippen LogP contribution >= 0.6 is 0 Å². The van der Waals surface area contributed by atoms with Crippen LogP contribution in [-0.2, 0) is 0 Å². The number of imidazole rings is 1. The van der Waals surface area contributed by atoms with Gasteiger partial charge in [0.05, 0.1) is 16.9 Å². The molecule has 0 saturated carbocycles. The number of hydrogen-bond acceptors (Lipinski definition) is 5. The van der Waals surface area contributed by atoms with Crippen LogP contribution in [0.2, 0.25) is 0 Å². The quantitative estimate of drug-likeness (QED) is 0.214. The predicted molar refractivity (Wildman–Crippen MR) is 183 cm³/mol. The third kappa shape index (κ3) is 4.19. The molecule has 3 aromatic heterocycles. The van der Waals surface area contributed by atoms with E-state index in [1.807, 2.05) is 102 Å². The Balaban J connectivity index is 1.22. The highest BCUT2D eigenvalue weighted by Crippen LogP contribution is 2.41. The van der Waals surface area contributed by atoms with Crippen molar-refractivity contribution in [3.8, 4) is 45.6 Å². The van der Waals surface area contributed by atoms with E-state index in [4.69, 9.17) is 19.1 Å². The number of aromatic nitrogens is 3. The van der Waals surface area contributed by atoms with Crippen LogP contribution in [0.3, 0.4) is 0 Å². The molecule has 0 unspecified atom stereocenters. The average molecular weight is 596 g/mol. The van der Waals surface area contributed by atoms with Crippen molar-refractivity contribution in [3.05, 3.63) is 146 Å². The molecular weight excluding hydrogens is 570 g/mol. The maximum absolute atomic E-state index is 11.1. The van der Waals surface area contributed by atoms with E-state index in [0.717, 1.165) is 66.2 Å². The van der Waals surface area contributed by atoms with Gasteiger partial charge in [0.1, 0.15) is 16.7 Å². The molecule has 6 aromatic carbocycles. The fourth-order valence-corrected chi connectivity index (χ4v) is 6.31. The molecule has 3 heterocycles. The van der Waals surface area contributed by atoms with Gasteiger partial charge in [-0.3, -0.25) is 9.55 Å². The summed E-state index contributed by atoms with van der Waals surface area (Å²) in [5, 5.41) is 15.1. The molecule has 0 amide bonds. The second kappa shape index (κ2) is 10.4. The minimum atomic E-state index is -0.0336. The highest BCUT2D eigenvalue weighted by Gasteiger charge is 2.21. The van der Waals surface area contributed by atoms with Gasteiger partial charge in [-0.1, -0.05) is 91.0 Å². The number of para-hydroxylation sites is 3. The Hall–Kier alpha value is -6.40. The number of benzene rings is 6. The lowest BCUT2D eigenvalue weighted by molar-refractivity contribution is 0.390. The summed E-state index contributed by atoms with van der Waals surface area (Å²) in [7, 11) is 0. The maximum atomic E-state index is 11.1. The van der Waals surface area contributed by atoms with Crippen molar-refractivity contribution in [2.75, 3.05) is 0 Å². The first-order chi connectivity index (χ1) is 22.7. The summed E-state index contributed by atoms with van der Waals surface area (Å²) in [5.41, 5.74) is 7.80. The molecule has 9 aromatic rings. The van der Waals surface area contributed by atoms with Crippen molar-refractivity contribution in [3.63, 3.8) is 0 Å². The van der Waals surface area contributed by atoms with Crippen LogP contribution in [0.1, 0.15) is 0 Å². The predicted octanol–water partition coefficient (Wildman–Crippen LogP) is 10.3. The number of hydrogen-bond donors (Lipinski definition) is 1. The summed E-state index contributed by atoms with van der Waals surface area (Å²) < 4.78 is 14.4. The van der Waals surface area contributed by atoms with Crippen LogP contribution in [0.5, 0.6) is 17.5 Å². The lowest BCUT2D eigenvalue weighted by Gasteiger charge is -2.11. The number of nitrogens with zero attached hydrogens (tertiary/aromatic N) is 3. The fourth-order valence-electron chi connectivity index (χ4n) is 6.31. The first-order valence-electron chi connectivity index (χ1n) is 15.0. The Morgan fingerprint density at radius 2 is 1.41 bits per heavy atom. The highest BCUT2D eigenvalue weighted by molar-refractivity contribution is 6.06. The zero-order valence-electron chi connectivity index (χ0n) is 24.5. The number of fused-ring (bicyclic) bond motifs is 5. The Bertz CT molecular complexity index is 2580. The first-order valence-corrected chi connectivity index (χ1v) is 15.0. The van der Waals surface area contributed by atoms with Gasteiger partial charge in [0.15, 0.2) is 11.5 Å². The van der Waals surface area contributed by atoms with E-state index in [2.05, 4.69) is 42.5 Å². The van der Waals surface area contributed by atoms with E-state index in [1.54, 1.807) is 6.07 Å². The Morgan fingerprint density at radius 3 is 2.33 bits per heavy atom. The lowest BCUT2D eigenvalue weighted by Crippen LogP contribution is -1.98. The topological polar surface area (TPSA) is 73.3 Å². The van der Waals surface area contributed by atoms with Gasteiger partial charge < -0.3 is 14.3 Å². The van der Waals surface area contributed by atoms with E-state index in [0.29, 0.717) is 11.6 Å². The molecule has 6 heteroatoms. The molecule has 46 heavy (non-hydrogen) atoms. The van der Waals surface area contributed by atoms with Crippen molar-refractivity contribution < 1.29 is 14.3 Å². The largest absolute Gasteiger partial charge is 0.504 e. The Morgan fingerprint density at radius 1 is 0.630 bits per heavy atom. The van der Waals surface area contributed by atoms with E-state index < -0.39 is 0 Å². The van der Waals surface area contributed by atoms with Crippen molar-refractivity contribution in [1.29, 1.82) is 0 Å². The summed E-state index contributed by atoms with van der Waals surface area (Å²) in [6.07, 6.45) is 1.86. The zero-order chi connectivity index (χ0) is 30.6. The van der Waals surface area contributed by atoms with Crippen molar-refractivity contribution in [2.24, 2.45) is 0 Å². The van der Waals surface area contributed by atoms with Gasteiger partial charge in [-0.05, 0) is 53.4 Å². The number of ether oxygens (including phenoxy) is 1. The number of rotatable bonds is 5. The molecule has 0 aliphatic carbocycles. The second-order valence-electron chi connectivity index (χ2n) is 11.2. The van der Waals surface area contributed by atoms with Crippen LogP contribution in [0.15, 0.2) is 150 Å². The second-order valence-corrected chi connectivity index (χ2v) is 11.2. The standard InChI is InChI=1S/C40H25N3O3/c44-34-24-36-32(31-16-6-7-19-35(31)45-36)23-37(34)46-40-42-39-30(17-9-18-33(39)43(40)28-13-2-1-3-14-28)26-11-8-12-27(22-26)38-29-15-5-4-10-25(29)20-21-41-38/h1-24,44H. The number of pyridine rings is 1. The van der Waals surface area contributed by atoms with Crippen molar-refractivity contribution >= 4 is 43.7 Å². The molecule has 1 N–H and O–H groups in total. The number of furan rings is 1. The smallest absolute Gasteiger partial charge is 0.307 e. The van der Waals surface area contributed by atoms with Gasteiger partial charge >= 0.3 is 6.01 Å². The summed E-state index contributed by atoms with van der Waals surface area (Å²) in [6, 6.07) is 46.4. The van der Waals surface area contributed by atoms with Crippen LogP contribution < -0.4 is 4.74 Å². The molecule has 0 saturated heterocycles. The SMILES string of the molecule is Oc1cc2oc3ccccc3c2cc1Oc1nc2c(-c3cccc(-c4nccc5ccccc45)c3)cccc2n1-c1ccccc1. The maximum Gasteiger partial charge on any atom is 0.307 e. The minimum Gasteiger partial charge on any atom is -0.504 e. The van der Waals surface area contributed by atoms with E-state index in [1.165, 1.54) is 0 Å². The van der Waals surface area contributed by atoms with Gasteiger partial charge in [0.2, 0.25) is 0 Å². The molecule has 9 rings (SSSR count). The molecule has 0 radical (unpaired) electrons. The summed E-state index contributed by atoms with van der Waals surface area (Å²) in [5.74, 6) is 0.255. The molecule has 0 aliphatic heterocycles. The molecule has 0 bridgehead atoms. The van der Waals surface area contributed by atoms with Gasteiger partial charge in [-0.25, -0.2) is 0 Å². The number of phenolic OH excluding ortho intramolecular Hbond substituents is 1. The molecule has 0 atom stereocenters. The zero-order valence-corrected chi connectivity index (χ0v) is 24.5. The minimum absolute atomic E-state index is 0.0336. The van der Waals surface area contributed by atoms with Gasteiger partial charge in [0.25, 0.3) is 0 Å². The summed E-state index contributed by atoms with van der Waals surface area (Å²) >= 11 is 0. The van der Waals surface area contributed by atoms with Gasteiger partial charge in [0, 0.05) is 39.5 Å². The van der Waals surface area contributed by atoms with Crippen LogP contribution in [0.25, 0.3) is 71.8 Å². The van der Waals surface area contributed by atoms with E-state index >= 15 is 0 Å². The monoisotopic (exact) mass is 595 g/mol.